The van der Waals surface area contributed by atoms with Crippen LogP contribution in [0.3, 0.4) is 0 Å². The van der Waals surface area contributed by atoms with Gasteiger partial charge in [-0.15, -0.1) is 12.4 Å². The summed E-state index contributed by atoms with van der Waals surface area (Å²) in [7, 11) is -1.90. The molecular formula is C18H31ClN2O3S. The highest BCUT2D eigenvalue weighted by Crippen LogP contribution is 2.34. The van der Waals surface area contributed by atoms with Crippen LogP contribution in [-0.4, -0.2) is 39.0 Å². The largest absolute Gasteiger partial charge is 0.496 e. The Balaban J connectivity index is 0.00000312. The molecular weight excluding hydrogens is 360 g/mol. The van der Waals surface area contributed by atoms with E-state index in [4.69, 9.17) is 10.5 Å². The Morgan fingerprint density at radius 1 is 1.28 bits per heavy atom. The van der Waals surface area contributed by atoms with Crippen molar-refractivity contribution in [3.8, 4) is 5.75 Å². The molecule has 2 unspecified atom stereocenters. The number of ether oxygens (including phenoxy) is 1. The van der Waals surface area contributed by atoms with Gasteiger partial charge in [0.25, 0.3) is 0 Å². The van der Waals surface area contributed by atoms with Crippen molar-refractivity contribution in [1.29, 1.82) is 0 Å². The fourth-order valence-corrected chi connectivity index (χ4v) is 5.12. The van der Waals surface area contributed by atoms with Gasteiger partial charge in [0, 0.05) is 19.1 Å². The third kappa shape index (κ3) is 4.67. The van der Waals surface area contributed by atoms with Crippen LogP contribution in [-0.2, 0) is 10.0 Å². The number of hydrogen-bond acceptors (Lipinski definition) is 4. The third-order valence-corrected chi connectivity index (χ3v) is 6.94. The van der Waals surface area contributed by atoms with Gasteiger partial charge in [-0.2, -0.15) is 4.31 Å². The summed E-state index contributed by atoms with van der Waals surface area (Å²) in [4.78, 5) is 0.386. The Morgan fingerprint density at radius 2 is 1.92 bits per heavy atom. The van der Waals surface area contributed by atoms with Gasteiger partial charge < -0.3 is 10.5 Å². The van der Waals surface area contributed by atoms with Crippen molar-refractivity contribution >= 4 is 22.4 Å². The monoisotopic (exact) mass is 390 g/mol. The molecule has 2 N–H and O–H groups in total. The van der Waals surface area contributed by atoms with Crippen LogP contribution in [0.15, 0.2) is 17.0 Å². The van der Waals surface area contributed by atoms with Crippen LogP contribution in [0.1, 0.15) is 50.7 Å². The number of rotatable bonds is 5. The molecule has 1 saturated heterocycles. The Hall–Kier alpha value is -0.820. The molecule has 1 aliphatic rings. The minimum Gasteiger partial charge on any atom is -0.496 e. The summed E-state index contributed by atoms with van der Waals surface area (Å²) in [6, 6.07) is 3.62. The van der Waals surface area contributed by atoms with Crippen molar-refractivity contribution in [2.75, 3.05) is 20.2 Å². The zero-order chi connectivity index (χ0) is 18.1. The first kappa shape index (κ1) is 22.2. The average molecular weight is 391 g/mol. The Labute approximate surface area is 158 Å². The molecule has 0 amide bonds. The first-order valence-corrected chi connectivity index (χ1v) is 10.1. The second-order valence-electron chi connectivity index (χ2n) is 7.14. The first-order chi connectivity index (χ1) is 11.2. The van der Waals surface area contributed by atoms with Crippen molar-refractivity contribution < 1.29 is 13.2 Å². The van der Waals surface area contributed by atoms with Gasteiger partial charge in [0.05, 0.1) is 12.0 Å². The van der Waals surface area contributed by atoms with Gasteiger partial charge in [0.15, 0.2) is 0 Å². The van der Waals surface area contributed by atoms with Crippen molar-refractivity contribution in [3.05, 3.63) is 23.3 Å². The highest BCUT2D eigenvalue weighted by molar-refractivity contribution is 7.89. The maximum atomic E-state index is 13.2. The normalized spacial score (nSPS) is 20.2. The predicted molar refractivity (Wildman–Crippen MR) is 104 cm³/mol. The first-order valence-electron chi connectivity index (χ1n) is 8.62. The van der Waals surface area contributed by atoms with Gasteiger partial charge in [-0.1, -0.05) is 13.8 Å². The van der Waals surface area contributed by atoms with Crippen LogP contribution in [0.2, 0.25) is 0 Å². The molecule has 0 saturated carbocycles. The number of benzene rings is 1. The van der Waals surface area contributed by atoms with Crippen molar-refractivity contribution in [3.63, 3.8) is 0 Å². The van der Waals surface area contributed by atoms with Crippen LogP contribution in [0, 0.1) is 12.8 Å². The van der Waals surface area contributed by atoms with Gasteiger partial charge in [-0.3, -0.25) is 0 Å². The van der Waals surface area contributed by atoms with E-state index < -0.39 is 10.0 Å². The molecule has 2 rings (SSSR count). The van der Waals surface area contributed by atoms with E-state index in [2.05, 4.69) is 0 Å². The molecule has 0 aromatic heterocycles. The van der Waals surface area contributed by atoms with Crippen LogP contribution in [0.5, 0.6) is 5.75 Å². The summed E-state index contributed by atoms with van der Waals surface area (Å²) < 4.78 is 33.4. The maximum Gasteiger partial charge on any atom is 0.243 e. The molecule has 5 nitrogen and oxygen atoms in total. The Kier molecular flexibility index (Phi) is 7.74. The summed E-state index contributed by atoms with van der Waals surface area (Å²) in [5.41, 5.74) is 7.65. The number of nitrogens with zero attached hydrogens (tertiary/aromatic N) is 1. The summed E-state index contributed by atoms with van der Waals surface area (Å²) in [5, 5.41) is 0. The lowest BCUT2D eigenvalue weighted by Gasteiger charge is -2.34. The van der Waals surface area contributed by atoms with E-state index in [0.717, 1.165) is 29.7 Å². The van der Waals surface area contributed by atoms with E-state index >= 15 is 0 Å². The molecule has 2 atom stereocenters. The molecule has 1 aromatic carbocycles. The van der Waals surface area contributed by atoms with Gasteiger partial charge >= 0.3 is 0 Å². The van der Waals surface area contributed by atoms with E-state index in [1.807, 2.05) is 33.8 Å². The summed E-state index contributed by atoms with van der Waals surface area (Å²) in [5.74, 6) is 1.15. The molecule has 0 radical (unpaired) electrons. The Morgan fingerprint density at radius 3 is 2.44 bits per heavy atom. The van der Waals surface area contributed by atoms with Crippen molar-refractivity contribution in [1.82, 2.24) is 4.31 Å². The van der Waals surface area contributed by atoms with Gasteiger partial charge in [-0.05, 0) is 61.8 Å². The molecule has 1 heterocycles. The third-order valence-electron chi connectivity index (χ3n) is 4.93. The van der Waals surface area contributed by atoms with E-state index in [0.29, 0.717) is 18.0 Å². The van der Waals surface area contributed by atoms with Crippen LogP contribution in [0.4, 0.5) is 0 Å². The molecule has 0 aliphatic carbocycles. The minimum absolute atomic E-state index is 0. The van der Waals surface area contributed by atoms with Crippen LogP contribution in [0.25, 0.3) is 0 Å². The average Bonchev–Trinajstić information content (AvgIpc) is 2.53. The molecule has 0 bridgehead atoms. The number of piperidine rings is 1. The molecule has 25 heavy (non-hydrogen) atoms. The molecule has 144 valence electrons. The Bertz CT molecular complexity index is 690. The standard InChI is InChI=1S/C18H30N2O3S.ClH/c1-12(2)16-10-18(13(3)9-17(16)23-5)24(21,22)20-8-6-7-15(11-20)14(4)19;/h9-10,12,14-15H,6-8,11,19H2,1-5H3;1H. The number of nitrogens with two attached hydrogens (primary N) is 1. The zero-order valence-corrected chi connectivity index (χ0v) is 17.4. The number of methoxy groups -OCH3 is 1. The molecule has 1 aliphatic heterocycles. The summed E-state index contributed by atoms with van der Waals surface area (Å²) in [6.07, 6.45) is 1.85. The minimum atomic E-state index is -3.52. The number of hydrogen-bond donors (Lipinski definition) is 1. The lowest BCUT2D eigenvalue weighted by Crippen LogP contribution is -2.45. The van der Waals surface area contributed by atoms with Crippen LogP contribution >= 0.6 is 12.4 Å². The number of sulfonamides is 1. The molecule has 7 heteroatoms. The fraction of sp³-hybridized carbons (Fsp3) is 0.667. The van der Waals surface area contributed by atoms with E-state index in [1.54, 1.807) is 17.5 Å². The molecule has 1 fully saturated rings. The second kappa shape index (κ2) is 8.71. The fourth-order valence-electron chi connectivity index (χ4n) is 3.34. The van der Waals surface area contributed by atoms with Crippen molar-refractivity contribution in [2.45, 2.75) is 57.4 Å². The lowest BCUT2D eigenvalue weighted by atomic mass is 9.93. The summed E-state index contributed by atoms with van der Waals surface area (Å²) >= 11 is 0. The van der Waals surface area contributed by atoms with E-state index in [-0.39, 0.29) is 30.3 Å². The summed E-state index contributed by atoms with van der Waals surface area (Å²) in [6.45, 7) is 8.92. The van der Waals surface area contributed by atoms with Crippen LogP contribution < -0.4 is 10.5 Å². The topological polar surface area (TPSA) is 72.6 Å². The smallest absolute Gasteiger partial charge is 0.243 e. The van der Waals surface area contributed by atoms with Gasteiger partial charge in [0.2, 0.25) is 10.0 Å². The van der Waals surface area contributed by atoms with Gasteiger partial charge in [0.1, 0.15) is 5.75 Å². The van der Waals surface area contributed by atoms with Gasteiger partial charge in [-0.25, -0.2) is 8.42 Å². The van der Waals surface area contributed by atoms with E-state index in [1.165, 1.54) is 0 Å². The maximum absolute atomic E-state index is 13.2. The van der Waals surface area contributed by atoms with E-state index in [9.17, 15) is 8.42 Å². The SMILES string of the molecule is COc1cc(C)c(S(=O)(=O)N2CCCC(C(C)N)C2)cc1C(C)C.Cl. The number of halogens is 1. The molecule has 0 spiro atoms. The highest BCUT2D eigenvalue weighted by Gasteiger charge is 2.33. The number of aryl methyl sites for hydroxylation is 1. The quantitative estimate of drug-likeness (QED) is 0.837. The van der Waals surface area contributed by atoms with Crippen molar-refractivity contribution in [2.24, 2.45) is 11.7 Å². The zero-order valence-electron chi connectivity index (χ0n) is 15.8. The predicted octanol–water partition coefficient (Wildman–Crippen LogP) is 3.30. The lowest BCUT2D eigenvalue weighted by molar-refractivity contribution is 0.243. The highest BCUT2D eigenvalue weighted by atomic mass is 35.5. The second-order valence-corrected chi connectivity index (χ2v) is 9.05. The molecule has 1 aromatic rings.